The molecule has 0 aromatic rings. The summed E-state index contributed by atoms with van der Waals surface area (Å²) in [6, 6.07) is 0. The Bertz CT molecular complexity index is 949. The Morgan fingerprint density at radius 2 is 0.524 bits per heavy atom. The Morgan fingerprint density at radius 1 is 0.302 bits per heavy atom. The maximum atomic E-state index is 12.8. The third kappa shape index (κ3) is 51.3. The Morgan fingerprint density at radius 3 is 0.778 bits per heavy atom. The van der Waals surface area contributed by atoms with Crippen LogP contribution in [0.15, 0.2) is 0 Å². The number of carbonyl (C=O) groups excluding carboxylic acids is 3. The second-order valence-corrected chi connectivity index (χ2v) is 20.1. The molecule has 0 heterocycles. The van der Waals surface area contributed by atoms with Crippen LogP contribution in [0.3, 0.4) is 0 Å². The molecule has 0 amide bonds. The number of carbonyl (C=O) groups is 3. The SMILES string of the molecule is CCCCCCCCCCCCCCCCCC(=O)O[C@@H](COC(=O)CCCCCCCCCCCCCC)COC(=O)CCCCCCCCCCCCCCCCCC(C)C. The molecule has 63 heavy (non-hydrogen) atoms. The van der Waals surface area contributed by atoms with Crippen molar-refractivity contribution in [3.63, 3.8) is 0 Å². The second kappa shape index (κ2) is 51.4. The summed E-state index contributed by atoms with van der Waals surface area (Å²) in [6.07, 6.45) is 55.2. The van der Waals surface area contributed by atoms with Crippen molar-refractivity contribution in [2.45, 2.75) is 329 Å². The zero-order valence-corrected chi connectivity index (χ0v) is 43.0. The van der Waals surface area contributed by atoms with E-state index in [4.69, 9.17) is 14.2 Å². The molecule has 0 bridgehead atoms. The third-order valence-electron chi connectivity index (χ3n) is 13.0. The Kier molecular flexibility index (Phi) is 50.1. The van der Waals surface area contributed by atoms with Crippen LogP contribution in [-0.4, -0.2) is 37.2 Å². The van der Waals surface area contributed by atoms with E-state index in [1.165, 1.54) is 218 Å². The van der Waals surface area contributed by atoms with E-state index in [-0.39, 0.29) is 31.1 Å². The van der Waals surface area contributed by atoms with Crippen LogP contribution in [0.2, 0.25) is 0 Å². The van der Waals surface area contributed by atoms with Gasteiger partial charge in [0.2, 0.25) is 0 Å². The van der Waals surface area contributed by atoms with Gasteiger partial charge in [0.25, 0.3) is 0 Å². The quantitative estimate of drug-likeness (QED) is 0.0344. The minimum Gasteiger partial charge on any atom is -0.462 e. The van der Waals surface area contributed by atoms with E-state index in [1.54, 1.807) is 0 Å². The molecule has 374 valence electrons. The lowest BCUT2D eigenvalue weighted by Crippen LogP contribution is -2.30. The fourth-order valence-electron chi connectivity index (χ4n) is 8.75. The van der Waals surface area contributed by atoms with Crippen LogP contribution in [0.4, 0.5) is 0 Å². The number of ether oxygens (including phenoxy) is 3. The predicted molar refractivity (Wildman–Crippen MR) is 270 cm³/mol. The highest BCUT2D eigenvalue weighted by Gasteiger charge is 2.19. The summed E-state index contributed by atoms with van der Waals surface area (Å²) in [5, 5.41) is 0. The minimum atomic E-state index is -0.761. The lowest BCUT2D eigenvalue weighted by atomic mass is 10.0. The molecule has 1 atom stereocenters. The normalized spacial score (nSPS) is 12.0. The average molecular weight is 892 g/mol. The molecule has 0 fully saturated rings. The summed E-state index contributed by atoms with van der Waals surface area (Å²) in [7, 11) is 0. The summed E-state index contributed by atoms with van der Waals surface area (Å²) < 4.78 is 16.9. The van der Waals surface area contributed by atoms with Gasteiger partial charge in [0.05, 0.1) is 0 Å². The summed E-state index contributed by atoms with van der Waals surface area (Å²) in [5.41, 5.74) is 0. The van der Waals surface area contributed by atoms with E-state index in [0.717, 1.165) is 63.7 Å². The van der Waals surface area contributed by atoms with Crippen LogP contribution in [-0.2, 0) is 28.6 Å². The predicted octanol–water partition coefficient (Wildman–Crippen LogP) is 18.6. The molecule has 0 saturated heterocycles. The number of hydrogen-bond donors (Lipinski definition) is 0. The zero-order chi connectivity index (χ0) is 45.9. The molecule has 0 aromatic heterocycles. The van der Waals surface area contributed by atoms with Crippen LogP contribution >= 0.6 is 0 Å². The molecule has 0 N–H and O–H groups in total. The number of rotatable bonds is 52. The van der Waals surface area contributed by atoms with Crippen molar-refractivity contribution in [1.29, 1.82) is 0 Å². The number of hydrogen-bond acceptors (Lipinski definition) is 6. The van der Waals surface area contributed by atoms with Gasteiger partial charge in [-0.15, -0.1) is 0 Å². The highest BCUT2D eigenvalue weighted by molar-refractivity contribution is 5.71. The van der Waals surface area contributed by atoms with Gasteiger partial charge in [-0.25, -0.2) is 0 Å². The molecule has 0 aliphatic carbocycles. The molecule has 0 spiro atoms. The van der Waals surface area contributed by atoms with Crippen LogP contribution in [0.1, 0.15) is 323 Å². The average Bonchev–Trinajstić information content (AvgIpc) is 3.27. The first-order chi connectivity index (χ1) is 30.9. The lowest BCUT2D eigenvalue weighted by Gasteiger charge is -2.18. The summed E-state index contributed by atoms with van der Waals surface area (Å²) in [5.74, 6) is 0.0126. The van der Waals surface area contributed by atoms with E-state index in [9.17, 15) is 14.4 Å². The largest absolute Gasteiger partial charge is 0.462 e. The van der Waals surface area contributed by atoms with E-state index in [2.05, 4.69) is 27.7 Å². The maximum Gasteiger partial charge on any atom is 0.306 e. The van der Waals surface area contributed by atoms with Crippen molar-refractivity contribution in [2.24, 2.45) is 5.92 Å². The van der Waals surface area contributed by atoms with Crippen LogP contribution in [0.25, 0.3) is 0 Å². The van der Waals surface area contributed by atoms with E-state index in [1.807, 2.05) is 0 Å². The highest BCUT2D eigenvalue weighted by atomic mass is 16.6. The van der Waals surface area contributed by atoms with Crippen LogP contribution in [0, 0.1) is 5.92 Å². The van der Waals surface area contributed by atoms with Crippen LogP contribution < -0.4 is 0 Å². The monoisotopic (exact) mass is 891 g/mol. The fraction of sp³-hybridized carbons (Fsp3) is 0.947. The van der Waals surface area contributed by atoms with Gasteiger partial charge in [-0.2, -0.15) is 0 Å². The molecule has 0 aromatic carbocycles. The van der Waals surface area contributed by atoms with Gasteiger partial charge in [-0.05, 0) is 25.2 Å². The zero-order valence-electron chi connectivity index (χ0n) is 43.0. The summed E-state index contributed by atoms with van der Waals surface area (Å²) in [4.78, 5) is 38.1. The van der Waals surface area contributed by atoms with Gasteiger partial charge < -0.3 is 14.2 Å². The first kappa shape index (κ1) is 61.4. The molecular weight excluding hydrogens is 781 g/mol. The Balaban J connectivity index is 4.27. The summed E-state index contributed by atoms with van der Waals surface area (Å²) >= 11 is 0. The van der Waals surface area contributed by atoms with Crippen molar-refractivity contribution in [2.75, 3.05) is 13.2 Å². The molecular formula is C57H110O6. The highest BCUT2D eigenvalue weighted by Crippen LogP contribution is 2.18. The van der Waals surface area contributed by atoms with Crippen LogP contribution in [0.5, 0.6) is 0 Å². The Hall–Kier alpha value is -1.59. The second-order valence-electron chi connectivity index (χ2n) is 20.1. The van der Waals surface area contributed by atoms with E-state index < -0.39 is 6.10 Å². The first-order valence-corrected chi connectivity index (χ1v) is 28.4. The van der Waals surface area contributed by atoms with Gasteiger partial charge >= 0.3 is 17.9 Å². The van der Waals surface area contributed by atoms with Gasteiger partial charge in [0.1, 0.15) is 13.2 Å². The van der Waals surface area contributed by atoms with Gasteiger partial charge in [0.15, 0.2) is 6.10 Å². The van der Waals surface area contributed by atoms with Gasteiger partial charge in [-0.1, -0.05) is 285 Å². The third-order valence-corrected chi connectivity index (χ3v) is 13.0. The topological polar surface area (TPSA) is 78.9 Å². The molecule has 0 aliphatic heterocycles. The molecule has 6 heteroatoms. The van der Waals surface area contributed by atoms with Crippen molar-refractivity contribution in [1.82, 2.24) is 0 Å². The van der Waals surface area contributed by atoms with Crippen molar-refractivity contribution in [3.05, 3.63) is 0 Å². The van der Waals surface area contributed by atoms with E-state index >= 15 is 0 Å². The van der Waals surface area contributed by atoms with Crippen molar-refractivity contribution >= 4 is 17.9 Å². The minimum absolute atomic E-state index is 0.0619. The molecule has 6 nitrogen and oxygen atoms in total. The number of unbranched alkanes of at least 4 members (excludes halogenated alkanes) is 39. The molecule has 0 aliphatic rings. The van der Waals surface area contributed by atoms with E-state index in [0.29, 0.717) is 19.3 Å². The molecule has 0 rings (SSSR count). The summed E-state index contributed by atoms with van der Waals surface area (Å²) in [6.45, 7) is 9.06. The fourth-order valence-corrected chi connectivity index (χ4v) is 8.75. The van der Waals surface area contributed by atoms with Gasteiger partial charge in [-0.3, -0.25) is 14.4 Å². The molecule has 0 radical (unpaired) electrons. The van der Waals surface area contributed by atoms with Crippen molar-refractivity contribution < 1.29 is 28.6 Å². The maximum absolute atomic E-state index is 12.8. The lowest BCUT2D eigenvalue weighted by molar-refractivity contribution is -0.167. The first-order valence-electron chi connectivity index (χ1n) is 28.4. The smallest absolute Gasteiger partial charge is 0.306 e. The van der Waals surface area contributed by atoms with Gasteiger partial charge in [0, 0.05) is 19.3 Å². The Labute approximate surface area is 393 Å². The molecule has 0 unspecified atom stereocenters. The standard InChI is InChI=1S/C57H110O6/c1-5-7-9-11-13-15-17-19-21-26-30-34-38-42-46-50-57(60)63-54(51-61-55(58)48-44-40-36-32-28-18-16-14-12-10-8-6-2)52-62-56(59)49-45-41-37-33-29-25-23-20-22-24-27-31-35-39-43-47-53(3)4/h53-54H,5-52H2,1-4H3/t54-/m0/s1. The number of esters is 3. The van der Waals surface area contributed by atoms with Crippen molar-refractivity contribution in [3.8, 4) is 0 Å². The molecule has 0 saturated carbocycles.